The van der Waals surface area contributed by atoms with E-state index in [1.165, 1.54) is 36.2 Å². The minimum atomic E-state index is -4.14. The largest absolute Gasteiger partial charge is 0.357 e. The van der Waals surface area contributed by atoms with Crippen molar-refractivity contribution < 1.29 is 18.0 Å². The summed E-state index contributed by atoms with van der Waals surface area (Å²) >= 11 is 9.41. The molecule has 0 aliphatic heterocycles. The molecule has 3 aromatic rings. The van der Waals surface area contributed by atoms with Crippen molar-refractivity contribution in [2.45, 2.75) is 38.3 Å². The monoisotopic (exact) mass is 605 g/mol. The number of aryl methyl sites for hydroxylation is 2. The van der Waals surface area contributed by atoms with E-state index in [1.54, 1.807) is 19.1 Å². The molecule has 0 unspecified atom stereocenters. The highest BCUT2D eigenvalue weighted by atomic mass is 79.9. The van der Waals surface area contributed by atoms with E-state index in [1.807, 2.05) is 44.2 Å². The van der Waals surface area contributed by atoms with Gasteiger partial charge < -0.3 is 10.2 Å². The molecule has 7 nitrogen and oxygen atoms in total. The van der Waals surface area contributed by atoms with Crippen LogP contribution in [0.5, 0.6) is 0 Å². The van der Waals surface area contributed by atoms with Gasteiger partial charge in [0.1, 0.15) is 12.6 Å². The van der Waals surface area contributed by atoms with Gasteiger partial charge in [0.25, 0.3) is 10.0 Å². The lowest BCUT2D eigenvalue weighted by Crippen LogP contribution is -2.50. The fourth-order valence-electron chi connectivity index (χ4n) is 3.77. The van der Waals surface area contributed by atoms with E-state index in [9.17, 15) is 18.0 Å². The van der Waals surface area contributed by atoms with Crippen LogP contribution >= 0.6 is 27.5 Å². The van der Waals surface area contributed by atoms with E-state index in [0.717, 1.165) is 25.5 Å². The zero-order valence-corrected chi connectivity index (χ0v) is 24.2. The molecule has 37 heavy (non-hydrogen) atoms. The fraction of sp³-hybridized carbons (Fsp3) is 0.259. The van der Waals surface area contributed by atoms with Crippen molar-refractivity contribution in [3.05, 3.63) is 92.9 Å². The molecule has 0 heterocycles. The highest BCUT2D eigenvalue weighted by Crippen LogP contribution is 2.27. The molecule has 0 spiro atoms. The molecule has 2 amide bonds. The summed E-state index contributed by atoms with van der Waals surface area (Å²) in [6.07, 6.45) is 0. The second-order valence-electron chi connectivity index (χ2n) is 8.68. The predicted molar refractivity (Wildman–Crippen MR) is 150 cm³/mol. The number of sulfonamides is 1. The van der Waals surface area contributed by atoms with Gasteiger partial charge in [0.15, 0.2) is 0 Å². The Morgan fingerprint density at radius 3 is 2.27 bits per heavy atom. The number of hydrogen-bond donors (Lipinski definition) is 1. The maximum absolute atomic E-state index is 13.8. The number of likely N-dealkylation sites (N-methyl/N-ethyl adjacent to an activating group) is 1. The Morgan fingerprint density at radius 2 is 1.68 bits per heavy atom. The molecular weight excluding hydrogens is 578 g/mol. The first-order valence-electron chi connectivity index (χ1n) is 11.5. The number of halogens is 2. The molecule has 3 aromatic carbocycles. The smallest absolute Gasteiger partial charge is 0.264 e. The van der Waals surface area contributed by atoms with Gasteiger partial charge in [-0.05, 0) is 86.0 Å². The summed E-state index contributed by atoms with van der Waals surface area (Å²) in [6.45, 7) is 5.04. The van der Waals surface area contributed by atoms with Crippen LogP contribution in [0, 0.1) is 13.8 Å². The highest BCUT2D eigenvalue weighted by Gasteiger charge is 2.32. The summed E-state index contributed by atoms with van der Waals surface area (Å²) in [7, 11) is -2.65. The second kappa shape index (κ2) is 12.1. The lowest BCUT2D eigenvalue weighted by Gasteiger charge is -2.32. The summed E-state index contributed by atoms with van der Waals surface area (Å²) in [5.41, 5.74) is 3.01. The van der Waals surface area contributed by atoms with Crippen molar-refractivity contribution in [1.29, 1.82) is 0 Å². The van der Waals surface area contributed by atoms with Gasteiger partial charge in [-0.15, -0.1) is 0 Å². The minimum absolute atomic E-state index is 0.000757. The van der Waals surface area contributed by atoms with E-state index < -0.39 is 28.5 Å². The molecule has 0 bridgehead atoms. The Hall–Kier alpha value is -2.88. The molecule has 1 N–H and O–H groups in total. The molecule has 3 rings (SSSR count). The summed E-state index contributed by atoms with van der Waals surface area (Å²) < 4.78 is 29.5. The third-order valence-electron chi connectivity index (χ3n) is 6.11. The molecule has 0 radical (unpaired) electrons. The number of amides is 2. The molecule has 0 aliphatic rings. The average Bonchev–Trinajstić information content (AvgIpc) is 2.86. The molecule has 10 heteroatoms. The van der Waals surface area contributed by atoms with Crippen molar-refractivity contribution in [3.8, 4) is 0 Å². The van der Waals surface area contributed by atoms with Crippen LogP contribution in [0.15, 0.2) is 76.1 Å². The van der Waals surface area contributed by atoms with Gasteiger partial charge in [-0.25, -0.2) is 8.42 Å². The van der Waals surface area contributed by atoms with Crippen molar-refractivity contribution in [1.82, 2.24) is 10.2 Å². The first kappa shape index (κ1) is 28.7. The number of anilines is 1. The van der Waals surface area contributed by atoms with Crippen LogP contribution < -0.4 is 9.62 Å². The van der Waals surface area contributed by atoms with Crippen LogP contribution in [-0.2, 0) is 26.2 Å². The van der Waals surface area contributed by atoms with Gasteiger partial charge in [0.05, 0.1) is 10.6 Å². The summed E-state index contributed by atoms with van der Waals surface area (Å²) in [5, 5.41) is 2.97. The molecular formula is C27H29BrClN3O4S. The Bertz CT molecular complexity index is 1400. The Labute approximate surface area is 231 Å². The number of hydrogen-bond acceptors (Lipinski definition) is 4. The zero-order chi connectivity index (χ0) is 27.3. The molecule has 1 atom stereocenters. The van der Waals surface area contributed by atoms with E-state index in [0.29, 0.717) is 10.7 Å². The average molecular weight is 607 g/mol. The maximum atomic E-state index is 13.8. The van der Waals surface area contributed by atoms with Crippen LogP contribution in [0.1, 0.15) is 23.6 Å². The number of nitrogens with zero attached hydrogens (tertiary/aromatic N) is 2. The van der Waals surface area contributed by atoms with Gasteiger partial charge in [-0.2, -0.15) is 0 Å². The maximum Gasteiger partial charge on any atom is 0.264 e. The summed E-state index contributed by atoms with van der Waals surface area (Å²) in [5.74, 6) is -0.881. The zero-order valence-electron chi connectivity index (χ0n) is 21.0. The quantitative estimate of drug-likeness (QED) is 0.368. The highest BCUT2D eigenvalue weighted by molar-refractivity contribution is 9.10. The lowest BCUT2D eigenvalue weighted by atomic mass is 10.1. The first-order chi connectivity index (χ1) is 17.4. The van der Waals surface area contributed by atoms with Gasteiger partial charge >= 0.3 is 0 Å². The fourth-order valence-corrected chi connectivity index (χ4v) is 5.75. The van der Waals surface area contributed by atoms with Crippen molar-refractivity contribution in [2.75, 3.05) is 17.9 Å². The Morgan fingerprint density at radius 1 is 1.00 bits per heavy atom. The van der Waals surface area contributed by atoms with Gasteiger partial charge in [0.2, 0.25) is 11.8 Å². The van der Waals surface area contributed by atoms with Gasteiger partial charge in [-0.3, -0.25) is 13.9 Å². The molecule has 0 aromatic heterocycles. The number of carbonyl (C=O) groups is 2. The van der Waals surface area contributed by atoms with Crippen molar-refractivity contribution in [3.63, 3.8) is 0 Å². The first-order valence-corrected chi connectivity index (χ1v) is 14.2. The third-order valence-corrected chi connectivity index (χ3v) is 8.65. The van der Waals surface area contributed by atoms with Crippen molar-refractivity contribution in [2.24, 2.45) is 0 Å². The van der Waals surface area contributed by atoms with Crippen LogP contribution in [0.2, 0.25) is 5.02 Å². The Kier molecular flexibility index (Phi) is 9.39. The van der Waals surface area contributed by atoms with E-state index in [-0.39, 0.29) is 17.3 Å². The standard InChI is InChI=1S/C27H29BrClN3O4S/c1-18-8-11-24(14-19(18)2)32(37(35,36)25-12-9-23(29)10-13-25)17-26(33)31(20(3)27(34)30-4)16-21-6-5-7-22(28)15-21/h5-15,20H,16-17H2,1-4H3,(H,30,34)/t20-/m1/s1. The van der Waals surface area contributed by atoms with Crippen molar-refractivity contribution >= 4 is 55.1 Å². The number of rotatable bonds is 9. The summed E-state index contributed by atoms with van der Waals surface area (Å²) in [4.78, 5) is 27.7. The normalized spacial score (nSPS) is 12.1. The van der Waals surface area contributed by atoms with E-state index in [4.69, 9.17) is 11.6 Å². The summed E-state index contributed by atoms with van der Waals surface area (Å²) in [6, 6.07) is 17.5. The van der Waals surface area contributed by atoms with E-state index in [2.05, 4.69) is 21.2 Å². The molecule has 0 saturated heterocycles. The lowest BCUT2D eigenvalue weighted by molar-refractivity contribution is -0.139. The number of carbonyl (C=O) groups excluding carboxylic acids is 2. The second-order valence-corrected chi connectivity index (χ2v) is 11.9. The SMILES string of the molecule is CNC(=O)[C@@H](C)N(Cc1cccc(Br)c1)C(=O)CN(c1ccc(C)c(C)c1)S(=O)(=O)c1ccc(Cl)cc1. The van der Waals surface area contributed by atoms with Gasteiger partial charge in [0, 0.05) is 23.1 Å². The third kappa shape index (κ3) is 6.91. The van der Waals surface area contributed by atoms with Crippen LogP contribution in [-0.4, -0.2) is 44.8 Å². The number of nitrogens with one attached hydrogen (secondary N) is 1. The minimum Gasteiger partial charge on any atom is -0.357 e. The molecule has 0 aliphatic carbocycles. The topological polar surface area (TPSA) is 86.8 Å². The molecule has 0 fully saturated rings. The van der Waals surface area contributed by atoms with Crippen LogP contribution in [0.3, 0.4) is 0 Å². The van der Waals surface area contributed by atoms with Crippen LogP contribution in [0.25, 0.3) is 0 Å². The molecule has 0 saturated carbocycles. The number of benzene rings is 3. The van der Waals surface area contributed by atoms with E-state index >= 15 is 0 Å². The Balaban J connectivity index is 2.06. The predicted octanol–water partition coefficient (Wildman–Crippen LogP) is 5.08. The molecule has 196 valence electrons. The van der Waals surface area contributed by atoms with Gasteiger partial charge in [-0.1, -0.05) is 45.7 Å². The van der Waals surface area contributed by atoms with Crippen LogP contribution in [0.4, 0.5) is 5.69 Å².